The summed E-state index contributed by atoms with van der Waals surface area (Å²) in [5.41, 5.74) is 5.75. The lowest BCUT2D eigenvalue weighted by Crippen LogP contribution is -2.15. The molecule has 0 atom stereocenters. The Morgan fingerprint density at radius 1 is 0.943 bits per heavy atom. The summed E-state index contributed by atoms with van der Waals surface area (Å²) in [7, 11) is 0. The lowest BCUT2D eigenvalue weighted by Gasteiger charge is -2.12. The van der Waals surface area contributed by atoms with Crippen molar-refractivity contribution in [2.75, 3.05) is 11.9 Å². The van der Waals surface area contributed by atoms with Crippen LogP contribution < -0.4 is 10.1 Å². The number of ether oxygens (including phenoxy) is 1. The molecule has 182 valence electrons. The van der Waals surface area contributed by atoms with E-state index in [1.807, 2.05) is 31.2 Å². The third kappa shape index (κ3) is 5.70. The normalized spacial score (nSPS) is 11.1. The Morgan fingerprint density at radius 3 is 2.46 bits per heavy atom. The van der Waals surface area contributed by atoms with E-state index in [-0.39, 0.29) is 5.91 Å². The number of hydrogen-bond acceptors (Lipinski definition) is 4. The highest BCUT2D eigenvalue weighted by molar-refractivity contribution is 6.04. The first-order chi connectivity index (χ1) is 16.9. The number of benzene rings is 2. The van der Waals surface area contributed by atoms with Crippen LogP contribution in [0.1, 0.15) is 65.3 Å². The van der Waals surface area contributed by atoms with Gasteiger partial charge in [-0.15, -0.1) is 0 Å². The van der Waals surface area contributed by atoms with Crippen LogP contribution in [0.2, 0.25) is 0 Å². The van der Waals surface area contributed by atoms with Crippen LogP contribution in [-0.4, -0.2) is 27.3 Å². The molecule has 2 aromatic carbocycles. The fraction of sp³-hybridized carbons (Fsp3) is 0.345. The van der Waals surface area contributed by atoms with Crippen molar-refractivity contribution in [3.05, 3.63) is 76.5 Å². The molecule has 0 fully saturated rings. The zero-order valence-corrected chi connectivity index (χ0v) is 21.3. The Morgan fingerprint density at radius 2 is 1.71 bits per heavy atom. The SMILES string of the molecule is CCCCCCOc1ccc(C(=O)Nc2cc(C)nn2-c2cc(C)c3cc(C)cc(C)c3n2)cc1. The number of nitrogens with one attached hydrogen (secondary N) is 1. The first-order valence-corrected chi connectivity index (χ1v) is 12.4. The highest BCUT2D eigenvalue weighted by Crippen LogP contribution is 2.26. The Labute approximate surface area is 207 Å². The van der Waals surface area contributed by atoms with Crippen LogP contribution in [0.4, 0.5) is 5.82 Å². The molecule has 0 saturated carbocycles. The van der Waals surface area contributed by atoms with Gasteiger partial charge in [0.2, 0.25) is 0 Å². The van der Waals surface area contributed by atoms with Gasteiger partial charge in [0, 0.05) is 17.0 Å². The summed E-state index contributed by atoms with van der Waals surface area (Å²) in [6, 6.07) is 15.4. The molecule has 0 spiro atoms. The number of anilines is 1. The summed E-state index contributed by atoms with van der Waals surface area (Å²) in [5, 5.41) is 8.75. The minimum absolute atomic E-state index is 0.204. The molecule has 0 aliphatic carbocycles. The number of amides is 1. The van der Waals surface area contributed by atoms with Gasteiger partial charge in [-0.3, -0.25) is 4.79 Å². The van der Waals surface area contributed by atoms with Crippen LogP contribution in [0.15, 0.2) is 48.5 Å². The molecule has 1 N–H and O–H groups in total. The second-order valence-corrected chi connectivity index (χ2v) is 9.25. The zero-order valence-electron chi connectivity index (χ0n) is 21.3. The van der Waals surface area contributed by atoms with E-state index in [1.54, 1.807) is 16.8 Å². The highest BCUT2D eigenvalue weighted by atomic mass is 16.5. The number of hydrogen-bond donors (Lipinski definition) is 1. The molecule has 6 heteroatoms. The van der Waals surface area contributed by atoms with Gasteiger partial charge in [-0.2, -0.15) is 9.78 Å². The third-order valence-electron chi connectivity index (χ3n) is 6.11. The molecule has 1 amide bonds. The summed E-state index contributed by atoms with van der Waals surface area (Å²) in [6.45, 7) is 11.0. The predicted octanol–water partition coefficient (Wildman–Crippen LogP) is 6.87. The molecule has 6 nitrogen and oxygen atoms in total. The van der Waals surface area contributed by atoms with Gasteiger partial charge < -0.3 is 10.1 Å². The summed E-state index contributed by atoms with van der Waals surface area (Å²) >= 11 is 0. The maximum atomic E-state index is 13.0. The van der Waals surface area contributed by atoms with E-state index in [2.05, 4.69) is 50.2 Å². The molecule has 0 saturated heterocycles. The van der Waals surface area contributed by atoms with Crippen molar-refractivity contribution in [2.24, 2.45) is 0 Å². The summed E-state index contributed by atoms with van der Waals surface area (Å²) < 4.78 is 7.50. The summed E-state index contributed by atoms with van der Waals surface area (Å²) in [6.07, 6.45) is 4.65. The van der Waals surface area contributed by atoms with Crippen LogP contribution >= 0.6 is 0 Å². The predicted molar refractivity (Wildman–Crippen MR) is 142 cm³/mol. The van der Waals surface area contributed by atoms with Crippen molar-refractivity contribution in [2.45, 2.75) is 60.3 Å². The smallest absolute Gasteiger partial charge is 0.256 e. The second kappa shape index (κ2) is 10.7. The molecule has 35 heavy (non-hydrogen) atoms. The third-order valence-corrected chi connectivity index (χ3v) is 6.11. The lowest BCUT2D eigenvalue weighted by molar-refractivity contribution is 0.102. The van der Waals surface area contributed by atoms with Crippen LogP contribution in [0.3, 0.4) is 0 Å². The maximum absolute atomic E-state index is 13.0. The lowest BCUT2D eigenvalue weighted by atomic mass is 10.0. The number of aromatic nitrogens is 3. The molecular weight excluding hydrogens is 436 g/mol. The Hall–Kier alpha value is -3.67. The topological polar surface area (TPSA) is 69.0 Å². The molecular formula is C29H34N4O2. The summed E-state index contributed by atoms with van der Waals surface area (Å²) in [5.74, 6) is 1.84. The summed E-state index contributed by atoms with van der Waals surface area (Å²) in [4.78, 5) is 17.9. The molecule has 2 aromatic heterocycles. The van der Waals surface area contributed by atoms with Crippen molar-refractivity contribution in [3.8, 4) is 11.6 Å². The fourth-order valence-corrected chi connectivity index (χ4v) is 4.31. The standard InChI is InChI=1S/C29H34N4O2/c1-6-7-8-9-14-35-24-12-10-23(11-13-24)29(34)31-27-18-22(5)32-33(27)26-17-20(3)25-16-19(2)15-21(4)28(25)30-26/h10-13,15-18H,6-9,14H2,1-5H3,(H,31,34). The molecule has 0 aliphatic rings. The number of pyridine rings is 1. The van der Waals surface area contributed by atoms with Crippen LogP contribution in [0.5, 0.6) is 5.75 Å². The van der Waals surface area contributed by atoms with Gasteiger partial charge in [0.05, 0.1) is 17.8 Å². The van der Waals surface area contributed by atoms with Crippen molar-refractivity contribution in [1.82, 2.24) is 14.8 Å². The van der Waals surface area contributed by atoms with Gasteiger partial charge in [-0.25, -0.2) is 4.98 Å². The Bertz CT molecular complexity index is 1340. The van der Waals surface area contributed by atoms with Crippen molar-refractivity contribution < 1.29 is 9.53 Å². The van der Waals surface area contributed by atoms with Crippen LogP contribution in [0.25, 0.3) is 16.7 Å². The average Bonchev–Trinajstić information content (AvgIpc) is 3.19. The van der Waals surface area contributed by atoms with Gasteiger partial charge in [0.25, 0.3) is 5.91 Å². The molecule has 4 rings (SSSR count). The highest BCUT2D eigenvalue weighted by Gasteiger charge is 2.15. The van der Waals surface area contributed by atoms with Crippen LogP contribution in [-0.2, 0) is 0 Å². The zero-order chi connectivity index (χ0) is 24.9. The van der Waals surface area contributed by atoms with Gasteiger partial charge in [0.1, 0.15) is 11.6 Å². The van der Waals surface area contributed by atoms with Crippen LogP contribution in [0, 0.1) is 27.7 Å². The Kier molecular flexibility index (Phi) is 7.49. The van der Waals surface area contributed by atoms with Gasteiger partial charge in [0.15, 0.2) is 5.82 Å². The van der Waals surface area contributed by atoms with E-state index in [9.17, 15) is 4.79 Å². The molecule has 2 heterocycles. The van der Waals surface area contributed by atoms with E-state index >= 15 is 0 Å². The first kappa shape index (κ1) is 24.5. The maximum Gasteiger partial charge on any atom is 0.256 e. The first-order valence-electron chi connectivity index (χ1n) is 12.4. The number of fused-ring (bicyclic) bond motifs is 1. The minimum Gasteiger partial charge on any atom is -0.494 e. The van der Waals surface area contributed by atoms with E-state index < -0.39 is 0 Å². The van der Waals surface area contributed by atoms with Gasteiger partial charge in [-0.1, -0.05) is 37.8 Å². The largest absolute Gasteiger partial charge is 0.494 e. The van der Waals surface area contributed by atoms with E-state index in [0.717, 1.165) is 39.9 Å². The number of carbonyl (C=O) groups is 1. The van der Waals surface area contributed by atoms with Crippen molar-refractivity contribution in [3.63, 3.8) is 0 Å². The monoisotopic (exact) mass is 470 g/mol. The van der Waals surface area contributed by atoms with E-state index in [0.29, 0.717) is 23.8 Å². The number of nitrogens with zero attached hydrogens (tertiary/aromatic N) is 3. The molecule has 0 bridgehead atoms. The quantitative estimate of drug-likeness (QED) is 0.271. The minimum atomic E-state index is -0.204. The second-order valence-electron chi connectivity index (χ2n) is 9.25. The van der Waals surface area contributed by atoms with Crippen molar-refractivity contribution in [1.29, 1.82) is 0 Å². The molecule has 0 unspecified atom stereocenters. The van der Waals surface area contributed by atoms with Gasteiger partial charge in [-0.05, 0) is 81.6 Å². The molecule has 4 aromatic rings. The number of aryl methyl sites for hydroxylation is 4. The average molecular weight is 471 g/mol. The van der Waals surface area contributed by atoms with E-state index in [4.69, 9.17) is 9.72 Å². The van der Waals surface area contributed by atoms with E-state index in [1.165, 1.54) is 24.8 Å². The van der Waals surface area contributed by atoms with Gasteiger partial charge >= 0.3 is 0 Å². The molecule has 0 aliphatic heterocycles. The molecule has 0 radical (unpaired) electrons. The number of rotatable bonds is 9. The number of unbranched alkanes of at least 4 members (excludes halogenated alkanes) is 3. The number of carbonyl (C=O) groups excluding carboxylic acids is 1. The fourth-order valence-electron chi connectivity index (χ4n) is 4.31. The Balaban J connectivity index is 1.53. The van der Waals surface area contributed by atoms with Crippen molar-refractivity contribution >= 4 is 22.6 Å².